The summed E-state index contributed by atoms with van der Waals surface area (Å²) in [5.74, 6) is -1.76. The van der Waals surface area contributed by atoms with Crippen molar-refractivity contribution in [3.63, 3.8) is 0 Å². The normalized spacial score (nSPS) is 13.7. The maximum absolute atomic E-state index is 10.2. The number of hydrogen-bond donors (Lipinski definition) is 4. The lowest BCUT2D eigenvalue weighted by atomic mass is 9.78. The number of unbranched alkanes of at least 4 members (excludes halogenated alkanes) is 4. The molecule has 3 unspecified atom stereocenters. The van der Waals surface area contributed by atoms with Gasteiger partial charge in [0.25, 0.3) is 0 Å². The van der Waals surface area contributed by atoms with E-state index < -0.39 is 24.1 Å². The molecule has 0 fully saturated rings. The molecule has 0 aromatic heterocycles. The Morgan fingerprint density at radius 1 is 0.816 bits per heavy atom. The molecule has 6 heteroatoms. The number of allylic oxidation sites excluding steroid dienone is 2. The van der Waals surface area contributed by atoms with Gasteiger partial charge in [0.05, 0.1) is 23.3 Å². The van der Waals surface area contributed by atoms with E-state index in [1.54, 1.807) is 67.6 Å². The van der Waals surface area contributed by atoms with Crippen LogP contribution >= 0.6 is 0 Å². The zero-order valence-corrected chi connectivity index (χ0v) is 23.6. The van der Waals surface area contributed by atoms with Crippen LogP contribution in [0, 0.1) is 5.41 Å². The summed E-state index contributed by atoms with van der Waals surface area (Å²) in [6, 6.07) is 16.6. The number of benzene rings is 2. The Labute approximate surface area is 229 Å². The van der Waals surface area contributed by atoms with Gasteiger partial charge in [0, 0.05) is 0 Å². The molecule has 0 aliphatic heterocycles. The monoisotopic (exact) mass is 528 g/mol. The van der Waals surface area contributed by atoms with Crippen LogP contribution in [0.15, 0.2) is 72.8 Å². The summed E-state index contributed by atoms with van der Waals surface area (Å²) < 4.78 is 0. The van der Waals surface area contributed by atoms with Gasteiger partial charge in [-0.2, -0.15) is 0 Å². The summed E-state index contributed by atoms with van der Waals surface area (Å²) in [6.45, 7) is 8.41. The van der Waals surface area contributed by atoms with E-state index in [0.717, 1.165) is 19.3 Å². The molecule has 2 aromatic rings. The van der Waals surface area contributed by atoms with Gasteiger partial charge >= 0.3 is 11.9 Å². The molecule has 4 N–H and O–H groups in total. The number of rotatable bonds is 14. The molecule has 38 heavy (non-hydrogen) atoms. The number of aliphatic hydroxyl groups is 2. The van der Waals surface area contributed by atoms with Crippen LogP contribution < -0.4 is 0 Å². The van der Waals surface area contributed by atoms with E-state index in [2.05, 4.69) is 32.9 Å². The molecule has 0 saturated carbocycles. The molecule has 0 bridgehead atoms. The number of carboxylic acids is 2. The lowest BCUT2D eigenvalue weighted by Gasteiger charge is -2.29. The minimum Gasteiger partial charge on any atom is -0.478 e. The molecule has 3 atom stereocenters. The van der Waals surface area contributed by atoms with Crippen LogP contribution in [0.1, 0.15) is 106 Å². The number of aliphatic hydroxyl groups excluding tert-OH is 2. The zero-order chi connectivity index (χ0) is 28.8. The summed E-state index contributed by atoms with van der Waals surface area (Å²) in [7, 11) is 0. The largest absolute Gasteiger partial charge is 0.478 e. The van der Waals surface area contributed by atoms with Crippen molar-refractivity contribution < 1.29 is 30.0 Å². The fourth-order valence-corrected chi connectivity index (χ4v) is 3.89. The molecule has 2 rings (SSSR count). The molecule has 0 heterocycles. The van der Waals surface area contributed by atoms with Gasteiger partial charge in [-0.05, 0) is 68.7 Å². The molecule has 6 nitrogen and oxygen atoms in total. The van der Waals surface area contributed by atoms with Gasteiger partial charge in [-0.1, -0.05) is 95.0 Å². The van der Waals surface area contributed by atoms with Crippen LogP contribution in [0.25, 0.3) is 0 Å². The van der Waals surface area contributed by atoms with E-state index in [1.165, 1.54) is 32.1 Å². The molecule has 0 saturated heterocycles. The number of carbonyl (C=O) groups is 2. The zero-order valence-electron chi connectivity index (χ0n) is 23.6. The summed E-state index contributed by atoms with van der Waals surface area (Å²) in [5, 5.41) is 36.3. The predicted octanol–water partition coefficient (Wildman–Crippen LogP) is 7.61. The van der Waals surface area contributed by atoms with E-state index in [1.807, 2.05) is 0 Å². The molecule has 0 aliphatic rings. The van der Waals surface area contributed by atoms with E-state index in [0.29, 0.717) is 17.5 Å². The molecule has 0 amide bonds. The standard InChI is InChI=1S/C18H36O2.2C7H6O2/c1-5-7-9-10-11-13-18(4,12-8-6-2)15-17(20)14-16(3)19;2*8-7(9)6-4-2-1-3-5-6/h11,13,16-17,19-20H,5-10,12,14-15H2,1-4H3;2*1-5H,(H,8,9). The van der Waals surface area contributed by atoms with Crippen LogP contribution in [0.3, 0.4) is 0 Å². The molecule has 212 valence electrons. The Morgan fingerprint density at radius 3 is 1.66 bits per heavy atom. The van der Waals surface area contributed by atoms with Crippen LogP contribution in [-0.2, 0) is 0 Å². The third-order valence-corrected chi connectivity index (χ3v) is 5.95. The van der Waals surface area contributed by atoms with Gasteiger partial charge in [0.15, 0.2) is 0 Å². The first kappa shape index (κ1) is 35.0. The van der Waals surface area contributed by atoms with Crippen molar-refractivity contribution in [3.8, 4) is 0 Å². The van der Waals surface area contributed by atoms with Crippen molar-refractivity contribution in [1.29, 1.82) is 0 Å². The van der Waals surface area contributed by atoms with E-state index in [4.69, 9.17) is 10.2 Å². The average molecular weight is 529 g/mol. The second-order valence-corrected chi connectivity index (χ2v) is 9.94. The Balaban J connectivity index is 0.000000620. The summed E-state index contributed by atoms with van der Waals surface area (Å²) in [6.07, 6.45) is 13.4. The lowest BCUT2D eigenvalue weighted by molar-refractivity contribution is 0.0623. The highest BCUT2D eigenvalue weighted by molar-refractivity contribution is 5.87. The summed E-state index contributed by atoms with van der Waals surface area (Å²) in [4.78, 5) is 20.4. The van der Waals surface area contributed by atoms with Crippen molar-refractivity contribution in [1.82, 2.24) is 0 Å². The van der Waals surface area contributed by atoms with Crippen LogP contribution in [0.2, 0.25) is 0 Å². The molecule has 0 spiro atoms. The Bertz CT molecular complexity index is 845. The SMILES string of the molecule is CCCCCC=CC(C)(CCCC)CC(O)CC(C)O.O=C(O)c1ccccc1.O=C(O)c1ccccc1. The smallest absolute Gasteiger partial charge is 0.335 e. The minimum absolute atomic E-state index is 0.0660. The Kier molecular flexibility index (Phi) is 19.4. The molecule has 2 aromatic carbocycles. The molecule has 0 aliphatic carbocycles. The number of aromatic carboxylic acids is 2. The van der Waals surface area contributed by atoms with Gasteiger partial charge in [-0.3, -0.25) is 0 Å². The van der Waals surface area contributed by atoms with Crippen LogP contribution in [-0.4, -0.2) is 44.6 Å². The number of carboxylic acid groups (broad SMARTS) is 2. The van der Waals surface area contributed by atoms with E-state index in [-0.39, 0.29) is 5.41 Å². The third kappa shape index (κ3) is 18.3. The third-order valence-electron chi connectivity index (χ3n) is 5.95. The van der Waals surface area contributed by atoms with Gasteiger partial charge < -0.3 is 20.4 Å². The van der Waals surface area contributed by atoms with Crippen molar-refractivity contribution in [3.05, 3.63) is 83.9 Å². The first-order valence-electron chi connectivity index (χ1n) is 13.6. The van der Waals surface area contributed by atoms with Gasteiger partial charge in [0.1, 0.15) is 0 Å². The topological polar surface area (TPSA) is 115 Å². The lowest BCUT2D eigenvalue weighted by Crippen LogP contribution is -2.24. The van der Waals surface area contributed by atoms with Gasteiger partial charge in [-0.25, -0.2) is 9.59 Å². The first-order valence-corrected chi connectivity index (χ1v) is 13.6. The predicted molar refractivity (Wildman–Crippen MR) is 155 cm³/mol. The number of hydrogen-bond acceptors (Lipinski definition) is 4. The second kappa shape index (κ2) is 21.0. The fraction of sp³-hybridized carbons (Fsp3) is 0.500. The van der Waals surface area contributed by atoms with E-state index in [9.17, 15) is 19.8 Å². The average Bonchev–Trinajstić information content (AvgIpc) is 2.88. The van der Waals surface area contributed by atoms with E-state index >= 15 is 0 Å². The molecule has 0 radical (unpaired) electrons. The highest BCUT2D eigenvalue weighted by Crippen LogP contribution is 2.33. The minimum atomic E-state index is -0.879. The van der Waals surface area contributed by atoms with Crippen molar-refractivity contribution in [2.75, 3.05) is 0 Å². The maximum Gasteiger partial charge on any atom is 0.335 e. The second-order valence-electron chi connectivity index (χ2n) is 9.94. The van der Waals surface area contributed by atoms with Crippen molar-refractivity contribution in [2.24, 2.45) is 5.41 Å². The van der Waals surface area contributed by atoms with Gasteiger partial charge in [0.2, 0.25) is 0 Å². The summed E-state index contributed by atoms with van der Waals surface area (Å²) in [5.41, 5.74) is 0.728. The quantitative estimate of drug-likeness (QED) is 0.148. The van der Waals surface area contributed by atoms with Crippen LogP contribution in [0.5, 0.6) is 0 Å². The molecular weight excluding hydrogens is 480 g/mol. The molecular formula is C32H48O6. The fourth-order valence-electron chi connectivity index (χ4n) is 3.89. The first-order chi connectivity index (χ1) is 18.0. The van der Waals surface area contributed by atoms with Crippen molar-refractivity contribution in [2.45, 2.75) is 97.7 Å². The maximum atomic E-state index is 10.2. The Morgan fingerprint density at radius 2 is 1.29 bits per heavy atom. The summed E-state index contributed by atoms with van der Waals surface area (Å²) >= 11 is 0. The highest BCUT2D eigenvalue weighted by atomic mass is 16.4. The van der Waals surface area contributed by atoms with Gasteiger partial charge in [-0.15, -0.1) is 0 Å². The highest BCUT2D eigenvalue weighted by Gasteiger charge is 2.24. The Hall–Kier alpha value is -2.96. The van der Waals surface area contributed by atoms with Crippen LogP contribution in [0.4, 0.5) is 0 Å². The van der Waals surface area contributed by atoms with Crippen molar-refractivity contribution >= 4 is 11.9 Å².